The first-order valence-corrected chi connectivity index (χ1v) is 11.4. The minimum Gasteiger partial charge on any atom is -0.374 e. The summed E-state index contributed by atoms with van der Waals surface area (Å²) in [6, 6.07) is 5.49. The SMILES string of the molecule is CC[C@H]1CC[C@](CC)([C@H]2CN(C(=O)NC)CCO2)c2nnc(-c3c(F)cccc3F)cc21. The van der Waals surface area contributed by atoms with Gasteiger partial charge in [-0.25, -0.2) is 13.6 Å². The lowest BCUT2D eigenvalue weighted by Crippen LogP contribution is -2.57. The zero-order chi connectivity index (χ0) is 22.9. The summed E-state index contributed by atoms with van der Waals surface area (Å²) in [5.74, 6) is -1.07. The molecule has 4 rings (SSSR count). The molecule has 1 aliphatic carbocycles. The molecule has 2 heterocycles. The van der Waals surface area contributed by atoms with Crippen LogP contribution in [0.25, 0.3) is 11.3 Å². The van der Waals surface area contributed by atoms with Crippen LogP contribution in [-0.2, 0) is 10.2 Å². The second-order valence-electron chi connectivity index (χ2n) is 8.64. The molecule has 2 aliphatic rings. The Balaban J connectivity index is 1.79. The number of morpholine rings is 1. The molecule has 0 bridgehead atoms. The zero-order valence-electron chi connectivity index (χ0n) is 18.8. The molecule has 8 heteroatoms. The van der Waals surface area contributed by atoms with E-state index in [4.69, 9.17) is 4.74 Å². The predicted octanol–water partition coefficient (Wildman–Crippen LogP) is 4.40. The van der Waals surface area contributed by atoms with E-state index < -0.39 is 17.0 Å². The van der Waals surface area contributed by atoms with Crippen molar-refractivity contribution in [1.29, 1.82) is 0 Å². The third kappa shape index (κ3) is 3.74. The van der Waals surface area contributed by atoms with Crippen molar-refractivity contribution in [2.45, 2.75) is 57.0 Å². The molecule has 0 unspecified atom stereocenters. The van der Waals surface area contributed by atoms with Gasteiger partial charge in [-0.05, 0) is 55.4 Å². The Morgan fingerprint density at radius 2 is 2.03 bits per heavy atom. The lowest BCUT2D eigenvalue weighted by Gasteiger charge is -2.48. The van der Waals surface area contributed by atoms with E-state index in [-0.39, 0.29) is 29.3 Å². The number of hydrogen-bond acceptors (Lipinski definition) is 4. The molecule has 6 nitrogen and oxygen atoms in total. The number of halogens is 2. The van der Waals surface area contributed by atoms with E-state index in [1.165, 1.54) is 18.2 Å². The number of amides is 2. The van der Waals surface area contributed by atoms with E-state index >= 15 is 0 Å². The van der Waals surface area contributed by atoms with E-state index in [9.17, 15) is 13.6 Å². The molecule has 0 saturated carbocycles. The third-order valence-corrected chi connectivity index (χ3v) is 7.20. The van der Waals surface area contributed by atoms with Crippen LogP contribution >= 0.6 is 0 Å². The molecule has 2 amide bonds. The fraction of sp³-hybridized carbons (Fsp3) is 0.542. The first kappa shape index (κ1) is 22.6. The van der Waals surface area contributed by atoms with Crippen LogP contribution in [0.3, 0.4) is 0 Å². The second-order valence-corrected chi connectivity index (χ2v) is 8.64. The number of fused-ring (bicyclic) bond motifs is 1. The van der Waals surface area contributed by atoms with Crippen molar-refractivity contribution >= 4 is 6.03 Å². The quantitative estimate of drug-likeness (QED) is 0.759. The highest BCUT2D eigenvalue weighted by molar-refractivity contribution is 5.74. The summed E-state index contributed by atoms with van der Waals surface area (Å²) in [6.07, 6.45) is 3.23. The van der Waals surface area contributed by atoms with Gasteiger partial charge in [-0.1, -0.05) is 19.9 Å². The maximum Gasteiger partial charge on any atom is 0.317 e. The first-order chi connectivity index (χ1) is 15.4. The molecule has 172 valence electrons. The number of carbonyl (C=O) groups excluding carboxylic acids is 1. The highest BCUT2D eigenvalue weighted by Crippen LogP contribution is 2.49. The summed E-state index contributed by atoms with van der Waals surface area (Å²) in [4.78, 5) is 14.0. The standard InChI is InChI=1S/C24H30F2N4O2/c1-4-15-9-10-24(5-2,20-14-30(11-12-32-20)23(31)27-3)22-16(15)13-19(28-29-22)21-17(25)7-6-8-18(21)26/h6-8,13,15,20H,4-5,9-12,14H2,1-3H3,(H,27,31)/t15-,20+,24+/m0/s1. The highest BCUT2D eigenvalue weighted by atomic mass is 19.1. The molecule has 1 aliphatic heterocycles. The van der Waals surface area contributed by atoms with Crippen molar-refractivity contribution in [3.8, 4) is 11.3 Å². The Labute approximate surface area is 187 Å². The number of ether oxygens (including phenoxy) is 1. The van der Waals surface area contributed by atoms with Crippen molar-refractivity contribution in [3.05, 3.63) is 47.2 Å². The normalized spacial score (nSPS) is 25.3. The Hall–Kier alpha value is -2.61. The molecule has 1 N–H and O–H groups in total. The molecule has 1 aromatic heterocycles. The van der Waals surface area contributed by atoms with E-state index in [1.807, 2.05) is 0 Å². The topological polar surface area (TPSA) is 67.4 Å². The van der Waals surface area contributed by atoms with Crippen molar-refractivity contribution < 1.29 is 18.3 Å². The van der Waals surface area contributed by atoms with Gasteiger partial charge in [0, 0.05) is 25.6 Å². The molecular formula is C24H30F2N4O2. The number of benzene rings is 1. The van der Waals surface area contributed by atoms with Crippen LogP contribution in [-0.4, -0.2) is 54.0 Å². The van der Waals surface area contributed by atoms with Crippen LogP contribution in [0.15, 0.2) is 24.3 Å². The molecular weight excluding hydrogens is 414 g/mol. The van der Waals surface area contributed by atoms with Crippen LogP contribution in [0.1, 0.15) is 56.7 Å². The van der Waals surface area contributed by atoms with Gasteiger partial charge in [-0.3, -0.25) is 0 Å². The van der Waals surface area contributed by atoms with Crippen LogP contribution in [0.4, 0.5) is 13.6 Å². The van der Waals surface area contributed by atoms with Gasteiger partial charge in [0.15, 0.2) is 0 Å². The Kier molecular flexibility index (Phi) is 6.42. The number of carbonyl (C=O) groups is 1. The van der Waals surface area contributed by atoms with Gasteiger partial charge in [0.05, 0.1) is 29.7 Å². The minimum absolute atomic E-state index is 0.122. The zero-order valence-corrected chi connectivity index (χ0v) is 18.8. The van der Waals surface area contributed by atoms with Crippen LogP contribution in [0, 0.1) is 11.6 Å². The predicted molar refractivity (Wildman–Crippen MR) is 117 cm³/mol. The van der Waals surface area contributed by atoms with Gasteiger partial charge in [0.25, 0.3) is 0 Å². The largest absolute Gasteiger partial charge is 0.374 e. The Morgan fingerprint density at radius 3 is 2.69 bits per heavy atom. The number of aromatic nitrogens is 2. The summed E-state index contributed by atoms with van der Waals surface area (Å²) in [6.45, 7) is 5.68. The van der Waals surface area contributed by atoms with Crippen LogP contribution in [0.5, 0.6) is 0 Å². The van der Waals surface area contributed by atoms with Crippen molar-refractivity contribution in [3.63, 3.8) is 0 Å². The van der Waals surface area contributed by atoms with E-state index in [1.54, 1.807) is 18.0 Å². The molecule has 32 heavy (non-hydrogen) atoms. The van der Waals surface area contributed by atoms with Gasteiger partial charge in [0.2, 0.25) is 0 Å². The van der Waals surface area contributed by atoms with E-state index in [0.29, 0.717) is 19.7 Å². The number of rotatable bonds is 4. The summed E-state index contributed by atoms with van der Waals surface area (Å²) < 4.78 is 35.1. The fourth-order valence-electron chi connectivity index (χ4n) is 5.31. The molecule has 1 aromatic carbocycles. The first-order valence-electron chi connectivity index (χ1n) is 11.4. The van der Waals surface area contributed by atoms with Crippen LogP contribution < -0.4 is 5.32 Å². The molecule has 0 radical (unpaired) electrons. The van der Waals surface area contributed by atoms with Crippen molar-refractivity contribution in [2.24, 2.45) is 0 Å². The minimum atomic E-state index is -0.651. The lowest BCUT2D eigenvalue weighted by molar-refractivity contribution is -0.0658. The average Bonchev–Trinajstić information content (AvgIpc) is 2.82. The summed E-state index contributed by atoms with van der Waals surface area (Å²) in [5.41, 5.74) is 1.47. The maximum absolute atomic E-state index is 14.4. The molecule has 3 atom stereocenters. The fourth-order valence-corrected chi connectivity index (χ4v) is 5.31. The highest BCUT2D eigenvalue weighted by Gasteiger charge is 2.48. The Bertz CT molecular complexity index is 982. The Morgan fingerprint density at radius 1 is 1.28 bits per heavy atom. The van der Waals surface area contributed by atoms with Crippen LogP contribution in [0.2, 0.25) is 0 Å². The van der Waals surface area contributed by atoms with E-state index in [0.717, 1.165) is 36.9 Å². The van der Waals surface area contributed by atoms with E-state index in [2.05, 4.69) is 29.4 Å². The molecule has 2 aromatic rings. The van der Waals surface area contributed by atoms with Gasteiger partial charge < -0.3 is 15.0 Å². The number of nitrogens with zero attached hydrogens (tertiary/aromatic N) is 3. The summed E-state index contributed by atoms with van der Waals surface area (Å²) >= 11 is 0. The summed E-state index contributed by atoms with van der Waals surface area (Å²) in [5, 5.41) is 11.6. The molecule has 1 fully saturated rings. The third-order valence-electron chi connectivity index (χ3n) is 7.20. The maximum atomic E-state index is 14.4. The monoisotopic (exact) mass is 444 g/mol. The van der Waals surface area contributed by atoms with Gasteiger partial charge in [-0.15, -0.1) is 0 Å². The second kappa shape index (κ2) is 9.10. The average molecular weight is 445 g/mol. The number of urea groups is 1. The smallest absolute Gasteiger partial charge is 0.317 e. The van der Waals surface area contributed by atoms with Crippen molar-refractivity contribution in [2.75, 3.05) is 26.7 Å². The lowest BCUT2D eigenvalue weighted by atomic mass is 9.64. The number of nitrogens with one attached hydrogen (secondary N) is 1. The molecule has 1 saturated heterocycles. The van der Waals surface area contributed by atoms with Gasteiger partial charge in [0.1, 0.15) is 11.6 Å². The van der Waals surface area contributed by atoms with Gasteiger partial charge in [-0.2, -0.15) is 10.2 Å². The summed E-state index contributed by atoms with van der Waals surface area (Å²) in [7, 11) is 1.62. The van der Waals surface area contributed by atoms with Crippen molar-refractivity contribution in [1.82, 2.24) is 20.4 Å². The molecule has 0 spiro atoms. The van der Waals surface area contributed by atoms with Gasteiger partial charge >= 0.3 is 6.03 Å². The number of hydrogen-bond donors (Lipinski definition) is 1.